The Morgan fingerprint density at radius 1 is 1.09 bits per heavy atom. The van der Waals surface area contributed by atoms with Crippen LogP contribution in [0.15, 0.2) is 64.4 Å². The van der Waals surface area contributed by atoms with E-state index in [0.29, 0.717) is 16.5 Å². The van der Waals surface area contributed by atoms with Gasteiger partial charge < -0.3 is 4.52 Å². The van der Waals surface area contributed by atoms with Crippen LogP contribution in [0.4, 0.5) is 0 Å². The van der Waals surface area contributed by atoms with E-state index in [1.54, 1.807) is 43.0 Å². The molecule has 11 heteroatoms. The minimum atomic E-state index is -0.281. The molecule has 5 aromatic heterocycles. The van der Waals surface area contributed by atoms with Crippen molar-refractivity contribution < 1.29 is 4.52 Å². The number of rotatable bonds is 5. The summed E-state index contributed by atoms with van der Waals surface area (Å²) in [6, 6.07) is 8.55. The van der Waals surface area contributed by atoms with Gasteiger partial charge in [-0.3, -0.25) is 14.8 Å². The first-order valence-electron chi connectivity index (χ1n) is 9.47. The van der Waals surface area contributed by atoms with E-state index in [1.807, 2.05) is 13.0 Å². The number of pyridine rings is 2. The first-order chi connectivity index (χ1) is 15.6. The zero-order valence-electron chi connectivity index (χ0n) is 16.6. The lowest BCUT2D eigenvalue weighted by atomic mass is 10.3. The van der Waals surface area contributed by atoms with Crippen molar-refractivity contribution in [2.75, 3.05) is 0 Å². The van der Waals surface area contributed by atoms with E-state index in [4.69, 9.17) is 16.1 Å². The van der Waals surface area contributed by atoms with Gasteiger partial charge in [-0.1, -0.05) is 16.8 Å². The van der Waals surface area contributed by atoms with Crippen molar-refractivity contribution in [3.05, 3.63) is 82.1 Å². The first kappa shape index (κ1) is 20.2. The van der Waals surface area contributed by atoms with Gasteiger partial charge in [0.05, 0.1) is 15.6 Å². The Kier molecular flexibility index (Phi) is 5.29. The molecule has 9 nitrogen and oxygen atoms in total. The van der Waals surface area contributed by atoms with E-state index in [-0.39, 0.29) is 18.0 Å². The van der Waals surface area contributed by atoms with Crippen molar-refractivity contribution >= 4 is 22.9 Å². The van der Waals surface area contributed by atoms with Gasteiger partial charge in [0.15, 0.2) is 0 Å². The molecule has 0 bridgehead atoms. The van der Waals surface area contributed by atoms with Crippen molar-refractivity contribution in [1.29, 1.82) is 0 Å². The van der Waals surface area contributed by atoms with Gasteiger partial charge in [-0.05, 0) is 31.2 Å². The first-order valence-corrected chi connectivity index (χ1v) is 10.7. The number of halogens is 1. The van der Waals surface area contributed by atoms with E-state index in [1.165, 1.54) is 22.1 Å². The van der Waals surface area contributed by atoms with E-state index >= 15 is 0 Å². The Morgan fingerprint density at radius 2 is 1.97 bits per heavy atom. The molecule has 32 heavy (non-hydrogen) atoms. The van der Waals surface area contributed by atoms with Crippen LogP contribution in [0.1, 0.15) is 11.6 Å². The van der Waals surface area contributed by atoms with Crippen LogP contribution in [0.5, 0.6) is 0 Å². The molecule has 0 saturated carbocycles. The summed E-state index contributed by atoms with van der Waals surface area (Å²) in [5, 5.41) is 9.76. The molecule has 0 aliphatic rings. The van der Waals surface area contributed by atoms with Gasteiger partial charge in [0.25, 0.3) is 5.56 Å². The molecule has 0 atom stereocenters. The second-order valence-corrected chi connectivity index (χ2v) is 8.23. The van der Waals surface area contributed by atoms with Gasteiger partial charge >= 0.3 is 0 Å². The molecule has 0 fully saturated rings. The molecule has 0 unspecified atom stereocenters. The predicted octanol–water partition coefficient (Wildman–Crippen LogP) is 3.88. The topological polar surface area (TPSA) is 112 Å². The maximum Gasteiger partial charge on any atom is 0.267 e. The highest BCUT2D eigenvalue weighted by Crippen LogP contribution is 2.34. The van der Waals surface area contributed by atoms with Gasteiger partial charge in [0.2, 0.25) is 11.7 Å². The molecule has 0 amide bonds. The van der Waals surface area contributed by atoms with Crippen LogP contribution in [0, 0.1) is 6.92 Å². The SMILES string of the molecule is Cc1nc(-c2cncc(Cl)c2)sc1-c1ccc(=O)n(Cc2nc(-c3cccnc3)no2)n1. The fraction of sp³-hybridized carbons (Fsp3) is 0.0952. The fourth-order valence-electron chi connectivity index (χ4n) is 3.03. The fourth-order valence-corrected chi connectivity index (χ4v) is 4.22. The lowest BCUT2D eigenvalue weighted by molar-refractivity contribution is 0.363. The zero-order chi connectivity index (χ0) is 22.1. The summed E-state index contributed by atoms with van der Waals surface area (Å²) in [5.41, 5.74) is 2.67. The molecule has 5 rings (SSSR count). The Morgan fingerprint density at radius 3 is 2.78 bits per heavy atom. The third-order valence-electron chi connectivity index (χ3n) is 4.52. The monoisotopic (exact) mass is 463 g/mol. The molecule has 5 heterocycles. The number of nitrogens with zero attached hydrogens (tertiary/aromatic N) is 7. The number of hydrogen-bond acceptors (Lipinski definition) is 9. The zero-order valence-corrected chi connectivity index (χ0v) is 18.2. The van der Waals surface area contributed by atoms with Crippen LogP contribution in [0.3, 0.4) is 0 Å². The van der Waals surface area contributed by atoms with Gasteiger partial charge in [0.1, 0.15) is 17.2 Å². The summed E-state index contributed by atoms with van der Waals surface area (Å²) in [6.45, 7) is 1.94. The van der Waals surface area contributed by atoms with Gasteiger partial charge in [-0.15, -0.1) is 11.3 Å². The minimum absolute atomic E-state index is 0.0445. The minimum Gasteiger partial charge on any atom is -0.337 e. The number of hydrogen-bond donors (Lipinski definition) is 0. The quantitative estimate of drug-likeness (QED) is 0.386. The summed E-state index contributed by atoms with van der Waals surface area (Å²) in [7, 11) is 0. The van der Waals surface area contributed by atoms with Crippen LogP contribution in [-0.4, -0.2) is 34.9 Å². The second-order valence-electron chi connectivity index (χ2n) is 6.79. The van der Waals surface area contributed by atoms with Crippen molar-refractivity contribution in [3.8, 4) is 32.5 Å². The van der Waals surface area contributed by atoms with Crippen LogP contribution < -0.4 is 5.56 Å². The molecule has 0 spiro atoms. The van der Waals surface area contributed by atoms with E-state index in [0.717, 1.165) is 26.7 Å². The van der Waals surface area contributed by atoms with Crippen LogP contribution in [0.25, 0.3) is 32.5 Å². The average molecular weight is 464 g/mol. The largest absolute Gasteiger partial charge is 0.337 e. The maximum absolute atomic E-state index is 12.4. The molecule has 5 aromatic rings. The van der Waals surface area contributed by atoms with Crippen LogP contribution in [-0.2, 0) is 6.54 Å². The number of aromatic nitrogens is 7. The highest BCUT2D eigenvalue weighted by Gasteiger charge is 2.16. The Bertz CT molecular complexity index is 1460. The molecule has 0 N–H and O–H groups in total. The molecule has 0 aromatic carbocycles. The Hall–Kier alpha value is -3.76. The van der Waals surface area contributed by atoms with E-state index in [9.17, 15) is 4.79 Å². The molecule has 158 valence electrons. The smallest absolute Gasteiger partial charge is 0.267 e. The third kappa shape index (κ3) is 4.05. The molecule has 0 radical (unpaired) electrons. The highest BCUT2D eigenvalue weighted by atomic mass is 35.5. The summed E-state index contributed by atoms with van der Waals surface area (Å²) in [6.07, 6.45) is 6.58. The lowest BCUT2D eigenvalue weighted by Gasteiger charge is -2.03. The van der Waals surface area contributed by atoms with E-state index < -0.39 is 0 Å². The maximum atomic E-state index is 12.4. The standard InChI is InChI=1S/C21H14ClN7O2S/c1-12-19(32-21(25-12)14-7-15(22)10-24-9-14)16-4-5-18(30)29(27-16)11-17-26-20(28-31-17)13-3-2-6-23-8-13/h2-10H,11H2,1H3. The van der Waals surface area contributed by atoms with Crippen molar-refractivity contribution in [1.82, 2.24) is 34.9 Å². The average Bonchev–Trinajstić information content (AvgIpc) is 3.43. The second kappa shape index (κ2) is 8.40. The van der Waals surface area contributed by atoms with Crippen molar-refractivity contribution in [3.63, 3.8) is 0 Å². The number of aryl methyl sites for hydroxylation is 1. The van der Waals surface area contributed by atoms with Gasteiger partial charge in [0, 0.05) is 42.0 Å². The summed E-state index contributed by atoms with van der Waals surface area (Å²) in [4.78, 5) is 30.4. The van der Waals surface area contributed by atoms with Crippen molar-refractivity contribution in [2.24, 2.45) is 0 Å². The van der Waals surface area contributed by atoms with Crippen LogP contribution >= 0.6 is 22.9 Å². The molecule has 0 aliphatic carbocycles. The van der Waals surface area contributed by atoms with Crippen molar-refractivity contribution in [2.45, 2.75) is 13.5 Å². The van der Waals surface area contributed by atoms with Gasteiger partial charge in [-0.25, -0.2) is 9.67 Å². The lowest BCUT2D eigenvalue weighted by Crippen LogP contribution is -2.23. The number of thiazole rings is 1. The molecule has 0 aliphatic heterocycles. The van der Waals surface area contributed by atoms with Gasteiger partial charge in [-0.2, -0.15) is 10.1 Å². The molecular weight excluding hydrogens is 450 g/mol. The summed E-state index contributed by atoms with van der Waals surface area (Å²) < 4.78 is 6.59. The summed E-state index contributed by atoms with van der Waals surface area (Å²) >= 11 is 7.51. The summed E-state index contributed by atoms with van der Waals surface area (Å²) in [5.74, 6) is 0.665. The highest BCUT2D eigenvalue weighted by molar-refractivity contribution is 7.18. The normalized spacial score (nSPS) is 11.1. The third-order valence-corrected chi connectivity index (χ3v) is 5.96. The van der Waals surface area contributed by atoms with Crippen LogP contribution in [0.2, 0.25) is 5.02 Å². The predicted molar refractivity (Wildman–Crippen MR) is 119 cm³/mol. The Balaban J connectivity index is 1.45. The molecule has 0 saturated heterocycles. The van der Waals surface area contributed by atoms with E-state index in [2.05, 4.69) is 30.2 Å². The molecular formula is C21H14ClN7O2S. The Labute approximate surface area is 190 Å².